The highest BCUT2D eigenvalue weighted by molar-refractivity contribution is 4.70. The molecule has 0 amide bonds. The van der Waals surface area contributed by atoms with Crippen molar-refractivity contribution in [2.24, 2.45) is 13.0 Å². The van der Waals surface area contributed by atoms with E-state index < -0.39 is 0 Å². The Bertz CT molecular complexity index is 362. The maximum absolute atomic E-state index is 11.5. The average Bonchev–Trinajstić information content (AvgIpc) is 2.59. The van der Waals surface area contributed by atoms with E-state index in [2.05, 4.69) is 10.4 Å². The molecule has 1 aromatic rings. The van der Waals surface area contributed by atoms with Crippen molar-refractivity contribution in [1.82, 2.24) is 19.7 Å². The molecule has 84 valence electrons. The Hall–Kier alpha value is -1.10. The molecule has 1 aliphatic rings. The van der Waals surface area contributed by atoms with Gasteiger partial charge in [-0.2, -0.15) is 5.10 Å². The SMILES string of the molecule is Cn1cnn(CCC2CCNCC2)c1=O. The minimum Gasteiger partial charge on any atom is -0.317 e. The monoisotopic (exact) mass is 210 g/mol. The molecule has 0 saturated carbocycles. The number of aromatic nitrogens is 3. The fourth-order valence-electron chi connectivity index (χ4n) is 2.05. The van der Waals surface area contributed by atoms with E-state index in [1.54, 1.807) is 18.1 Å². The lowest BCUT2D eigenvalue weighted by Gasteiger charge is -2.21. The van der Waals surface area contributed by atoms with E-state index in [0.29, 0.717) is 0 Å². The van der Waals surface area contributed by atoms with Gasteiger partial charge in [0.05, 0.1) is 0 Å². The number of hydrogen-bond donors (Lipinski definition) is 1. The zero-order chi connectivity index (χ0) is 10.7. The number of nitrogens with zero attached hydrogens (tertiary/aromatic N) is 3. The first-order valence-electron chi connectivity index (χ1n) is 5.56. The van der Waals surface area contributed by atoms with Crippen molar-refractivity contribution in [3.63, 3.8) is 0 Å². The highest BCUT2D eigenvalue weighted by Gasteiger charge is 2.13. The van der Waals surface area contributed by atoms with Crippen molar-refractivity contribution in [1.29, 1.82) is 0 Å². The summed E-state index contributed by atoms with van der Waals surface area (Å²) >= 11 is 0. The fourth-order valence-corrected chi connectivity index (χ4v) is 2.05. The predicted molar refractivity (Wildman–Crippen MR) is 57.7 cm³/mol. The van der Waals surface area contributed by atoms with Crippen molar-refractivity contribution in [2.45, 2.75) is 25.8 Å². The molecule has 1 aromatic heterocycles. The first-order chi connectivity index (χ1) is 7.27. The summed E-state index contributed by atoms with van der Waals surface area (Å²) in [4.78, 5) is 11.5. The lowest BCUT2D eigenvalue weighted by atomic mass is 9.95. The van der Waals surface area contributed by atoms with Gasteiger partial charge in [-0.1, -0.05) is 0 Å². The third kappa shape index (κ3) is 2.47. The van der Waals surface area contributed by atoms with E-state index in [1.165, 1.54) is 17.4 Å². The van der Waals surface area contributed by atoms with Crippen molar-refractivity contribution < 1.29 is 0 Å². The Kier molecular flexibility index (Phi) is 3.20. The maximum atomic E-state index is 11.5. The lowest BCUT2D eigenvalue weighted by molar-refractivity contribution is 0.329. The Labute approximate surface area is 89.1 Å². The largest absolute Gasteiger partial charge is 0.345 e. The average molecular weight is 210 g/mol. The molecule has 1 N–H and O–H groups in total. The van der Waals surface area contributed by atoms with Gasteiger partial charge in [0.1, 0.15) is 6.33 Å². The minimum atomic E-state index is -0.0102. The number of nitrogens with one attached hydrogen (secondary N) is 1. The maximum Gasteiger partial charge on any atom is 0.345 e. The van der Waals surface area contributed by atoms with Crippen LogP contribution in [0, 0.1) is 5.92 Å². The zero-order valence-electron chi connectivity index (χ0n) is 9.15. The summed E-state index contributed by atoms with van der Waals surface area (Å²) in [5, 5.41) is 7.39. The van der Waals surface area contributed by atoms with Crippen LogP contribution in [0.2, 0.25) is 0 Å². The van der Waals surface area contributed by atoms with Gasteiger partial charge in [0.25, 0.3) is 0 Å². The number of piperidine rings is 1. The first kappa shape index (κ1) is 10.4. The number of rotatable bonds is 3. The van der Waals surface area contributed by atoms with Gasteiger partial charge in [-0.25, -0.2) is 9.48 Å². The third-order valence-electron chi connectivity index (χ3n) is 3.09. The van der Waals surface area contributed by atoms with Crippen LogP contribution in [0.5, 0.6) is 0 Å². The van der Waals surface area contributed by atoms with Gasteiger partial charge >= 0.3 is 5.69 Å². The Morgan fingerprint density at radius 3 is 2.87 bits per heavy atom. The van der Waals surface area contributed by atoms with Crippen molar-refractivity contribution in [3.8, 4) is 0 Å². The summed E-state index contributed by atoms with van der Waals surface area (Å²) < 4.78 is 3.07. The van der Waals surface area contributed by atoms with Gasteiger partial charge in [-0.05, 0) is 38.3 Å². The molecule has 5 nitrogen and oxygen atoms in total. The Morgan fingerprint density at radius 2 is 2.27 bits per heavy atom. The molecule has 15 heavy (non-hydrogen) atoms. The summed E-state index contributed by atoms with van der Waals surface area (Å²) in [5.74, 6) is 0.750. The highest BCUT2D eigenvalue weighted by Crippen LogP contribution is 2.15. The number of hydrogen-bond acceptors (Lipinski definition) is 3. The summed E-state index contributed by atoms with van der Waals surface area (Å²) in [6.45, 7) is 2.98. The van der Waals surface area contributed by atoms with E-state index in [-0.39, 0.29) is 5.69 Å². The third-order valence-corrected chi connectivity index (χ3v) is 3.09. The van der Waals surface area contributed by atoms with Crippen LogP contribution in [0.1, 0.15) is 19.3 Å². The molecule has 1 fully saturated rings. The van der Waals surface area contributed by atoms with Crippen LogP contribution in [-0.4, -0.2) is 27.4 Å². The van der Waals surface area contributed by atoms with Gasteiger partial charge in [-0.3, -0.25) is 4.57 Å². The first-order valence-corrected chi connectivity index (χ1v) is 5.56. The van der Waals surface area contributed by atoms with E-state index in [1.807, 2.05) is 0 Å². The molecule has 2 rings (SSSR count). The predicted octanol–water partition coefficient (Wildman–Crippen LogP) is -0.0285. The quantitative estimate of drug-likeness (QED) is 0.762. The second-order valence-electron chi connectivity index (χ2n) is 4.23. The molecule has 0 unspecified atom stereocenters. The molecule has 0 bridgehead atoms. The molecule has 0 spiro atoms. The molecular formula is C10H18N4O. The van der Waals surface area contributed by atoms with E-state index in [4.69, 9.17) is 0 Å². The van der Waals surface area contributed by atoms with E-state index in [0.717, 1.165) is 32.0 Å². The normalized spacial score (nSPS) is 18.2. The molecule has 0 aromatic carbocycles. The second-order valence-corrected chi connectivity index (χ2v) is 4.23. The van der Waals surface area contributed by atoms with E-state index in [9.17, 15) is 4.79 Å². The van der Waals surface area contributed by atoms with Crippen LogP contribution >= 0.6 is 0 Å². The summed E-state index contributed by atoms with van der Waals surface area (Å²) in [5.41, 5.74) is -0.0102. The van der Waals surface area contributed by atoms with Gasteiger partial charge in [0, 0.05) is 13.6 Å². The summed E-state index contributed by atoms with van der Waals surface area (Å²) in [6, 6.07) is 0. The smallest absolute Gasteiger partial charge is 0.317 e. The highest BCUT2D eigenvalue weighted by atomic mass is 16.2. The van der Waals surface area contributed by atoms with Crippen LogP contribution in [0.25, 0.3) is 0 Å². The second kappa shape index (κ2) is 4.61. The van der Waals surface area contributed by atoms with Gasteiger partial charge in [0.2, 0.25) is 0 Å². The standard InChI is InChI=1S/C10H18N4O/c1-13-8-12-14(10(13)15)7-4-9-2-5-11-6-3-9/h8-9,11H,2-7H2,1H3. The molecule has 1 saturated heterocycles. The van der Waals surface area contributed by atoms with E-state index >= 15 is 0 Å². The number of aryl methyl sites for hydroxylation is 2. The van der Waals surface area contributed by atoms with Gasteiger partial charge in [-0.15, -0.1) is 0 Å². The Morgan fingerprint density at radius 1 is 1.53 bits per heavy atom. The van der Waals surface area contributed by atoms with Crippen LogP contribution in [0.3, 0.4) is 0 Å². The molecule has 5 heteroatoms. The molecule has 2 heterocycles. The molecule has 1 aliphatic heterocycles. The molecular weight excluding hydrogens is 192 g/mol. The Balaban J connectivity index is 1.87. The van der Waals surface area contributed by atoms with Crippen LogP contribution in [-0.2, 0) is 13.6 Å². The summed E-state index contributed by atoms with van der Waals surface area (Å²) in [6.07, 6.45) is 5.09. The topological polar surface area (TPSA) is 51.9 Å². The van der Waals surface area contributed by atoms with Crippen molar-refractivity contribution >= 4 is 0 Å². The van der Waals surface area contributed by atoms with Crippen LogP contribution in [0.4, 0.5) is 0 Å². The van der Waals surface area contributed by atoms with Crippen LogP contribution in [0.15, 0.2) is 11.1 Å². The van der Waals surface area contributed by atoms with Crippen molar-refractivity contribution in [3.05, 3.63) is 16.8 Å². The lowest BCUT2D eigenvalue weighted by Crippen LogP contribution is -2.29. The molecule has 0 atom stereocenters. The molecule has 0 aliphatic carbocycles. The van der Waals surface area contributed by atoms with Crippen molar-refractivity contribution in [2.75, 3.05) is 13.1 Å². The minimum absolute atomic E-state index is 0.0102. The fraction of sp³-hybridized carbons (Fsp3) is 0.800. The zero-order valence-corrected chi connectivity index (χ0v) is 9.15. The van der Waals surface area contributed by atoms with Gasteiger partial charge in [0.15, 0.2) is 0 Å². The van der Waals surface area contributed by atoms with Crippen LogP contribution < -0.4 is 11.0 Å². The summed E-state index contributed by atoms with van der Waals surface area (Å²) in [7, 11) is 1.73. The van der Waals surface area contributed by atoms with Gasteiger partial charge < -0.3 is 5.32 Å². The molecule has 0 radical (unpaired) electrons.